The van der Waals surface area contributed by atoms with E-state index in [-0.39, 0.29) is 0 Å². The summed E-state index contributed by atoms with van der Waals surface area (Å²) >= 11 is 0. The molecule has 1 aromatic heterocycles. The van der Waals surface area contributed by atoms with E-state index in [1.165, 1.54) is 18.4 Å². The fourth-order valence-corrected chi connectivity index (χ4v) is 1.55. The van der Waals surface area contributed by atoms with Crippen molar-refractivity contribution in [2.75, 3.05) is 6.61 Å². The van der Waals surface area contributed by atoms with Gasteiger partial charge in [-0.3, -0.25) is 4.98 Å². The Kier molecular flexibility index (Phi) is 6.62. The van der Waals surface area contributed by atoms with Crippen LogP contribution in [0.1, 0.15) is 44.6 Å². The molecular formula is C14H22NO. The average molecular weight is 220 g/mol. The molecule has 1 heterocycles. The van der Waals surface area contributed by atoms with Gasteiger partial charge in [0.1, 0.15) is 5.75 Å². The Labute approximate surface area is 99.0 Å². The third kappa shape index (κ3) is 5.15. The van der Waals surface area contributed by atoms with E-state index in [0.29, 0.717) is 0 Å². The molecule has 0 amide bonds. The van der Waals surface area contributed by atoms with E-state index in [4.69, 9.17) is 4.74 Å². The van der Waals surface area contributed by atoms with Gasteiger partial charge in [0.25, 0.3) is 0 Å². The largest absolute Gasteiger partial charge is 0.492 e. The molecule has 0 fully saturated rings. The molecule has 0 bridgehead atoms. The monoisotopic (exact) mass is 220 g/mol. The molecular weight excluding hydrogens is 198 g/mol. The van der Waals surface area contributed by atoms with E-state index in [1.54, 1.807) is 6.20 Å². The lowest BCUT2D eigenvalue weighted by atomic mass is 10.1. The highest BCUT2D eigenvalue weighted by atomic mass is 16.5. The molecule has 0 aromatic carbocycles. The summed E-state index contributed by atoms with van der Waals surface area (Å²) < 4.78 is 5.65. The maximum absolute atomic E-state index is 5.65. The smallest absolute Gasteiger partial charge is 0.137 e. The first-order valence-corrected chi connectivity index (χ1v) is 6.22. The normalized spacial score (nSPS) is 10.4. The van der Waals surface area contributed by atoms with Gasteiger partial charge in [-0.25, -0.2) is 0 Å². The Morgan fingerprint density at radius 3 is 2.88 bits per heavy atom. The molecule has 1 radical (unpaired) electrons. The SMILES string of the molecule is [CH2]CCCc1cncc(OCCCCC)c1. The first-order chi connectivity index (χ1) is 7.86. The summed E-state index contributed by atoms with van der Waals surface area (Å²) in [6.07, 6.45) is 10.4. The minimum atomic E-state index is 0.800. The summed E-state index contributed by atoms with van der Waals surface area (Å²) in [7, 11) is 0. The highest BCUT2D eigenvalue weighted by Crippen LogP contribution is 2.13. The van der Waals surface area contributed by atoms with Crippen LogP contribution >= 0.6 is 0 Å². The zero-order valence-corrected chi connectivity index (χ0v) is 10.2. The Morgan fingerprint density at radius 1 is 1.25 bits per heavy atom. The van der Waals surface area contributed by atoms with E-state index >= 15 is 0 Å². The molecule has 16 heavy (non-hydrogen) atoms. The van der Waals surface area contributed by atoms with Crippen molar-refractivity contribution < 1.29 is 4.74 Å². The van der Waals surface area contributed by atoms with Crippen LogP contribution in [0.4, 0.5) is 0 Å². The molecule has 0 aliphatic heterocycles. The Balaban J connectivity index is 2.35. The highest BCUT2D eigenvalue weighted by molar-refractivity contribution is 5.23. The van der Waals surface area contributed by atoms with Crippen molar-refractivity contribution in [3.8, 4) is 5.75 Å². The van der Waals surface area contributed by atoms with Gasteiger partial charge in [-0.05, 0) is 30.9 Å². The second kappa shape index (κ2) is 8.14. The van der Waals surface area contributed by atoms with Crippen LogP contribution < -0.4 is 4.74 Å². The lowest BCUT2D eigenvalue weighted by Gasteiger charge is -2.06. The van der Waals surface area contributed by atoms with E-state index in [0.717, 1.165) is 38.0 Å². The highest BCUT2D eigenvalue weighted by Gasteiger charge is 1.97. The lowest BCUT2D eigenvalue weighted by molar-refractivity contribution is 0.305. The summed E-state index contributed by atoms with van der Waals surface area (Å²) in [5, 5.41) is 0. The number of pyridine rings is 1. The van der Waals surface area contributed by atoms with Crippen molar-refractivity contribution in [2.24, 2.45) is 0 Å². The minimum absolute atomic E-state index is 0.800. The maximum Gasteiger partial charge on any atom is 0.137 e. The van der Waals surface area contributed by atoms with Crippen molar-refractivity contribution in [1.82, 2.24) is 4.98 Å². The van der Waals surface area contributed by atoms with Gasteiger partial charge in [-0.2, -0.15) is 0 Å². The first-order valence-electron chi connectivity index (χ1n) is 6.22. The van der Waals surface area contributed by atoms with E-state index in [9.17, 15) is 0 Å². The number of aromatic nitrogens is 1. The number of nitrogens with zero attached hydrogens (tertiary/aromatic N) is 1. The lowest BCUT2D eigenvalue weighted by Crippen LogP contribution is -1.98. The molecule has 1 aromatic rings. The quantitative estimate of drug-likeness (QED) is 0.621. The predicted molar refractivity (Wildman–Crippen MR) is 67.6 cm³/mol. The van der Waals surface area contributed by atoms with Crippen LogP contribution in [0.25, 0.3) is 0 Å². The van der Waals surface area contributed by atoms with Crippen LogP contribution in [-0.4, -0.2) is 11.6 Å². The maximum atomic E-state index is 5.65. The van der Waals surface area contributed by atoms with Crippen LogP contribution in [0.3, 0.4) is 0 Å². The van der Waals surface area contributed by atoms with Gasteiger partial charge in [0.2, 0.25) is 0 Å². The molecule has 0 saturated carbocycles. The Morgan fingerprint density at radius 2 is 2.12 bits per heavy atom. The molecule has 0 aliphatic rings. The Bertz CT molecular complexity index is 286. The number of rotatable bonds is 8. The summed E-state index contributed by atoms with van der Waals surface area (Å²) in [4.78, 5) is 4.19. The van der Waals surface area contributed by atoms with Crippen LogP contribution in [0.5, 0.6) is 5.75 Å². The van der Waals surface area contributed by atoms with Crippen molar-refractivity contribution >= 4 is 0 Å². The second-order valence-electron chi connectivity index (χ2n) is 4.04. The summed E-state index contributed by atoms with van der Waals surface area (Å²) in [6, 6.07) is 2.09. The van der Waals surface area contributed by atoms with Crippen molar-refractivity contribution in [3.63, 3.8) is 0 Å². The molecule has 2 heteroatoms. The molecule has 0 saturated heterocycles. The molecule has 0 unspecified atom stereocenters. The average Bonchev–Trinajstić information content (AvgIpc) is 2.33. The topological polar surface area (TPSA) is 22.1 Å². The first kappa shape index (κ1) is 13.0. The fraction of sp³-hybridized carbons (Fsp3) is 0.571. The van der Waals surface area contributed by atoms with E-state index in [1.807, 2.05) is 6.20 Å². The molecule has 0 aliphatic carbocycles. The van der Waals surface area contributed by atoms with Crippen molar-refractivity contribution in [1.29, 1.82) is 0 Å². The number of hydrogen-bond acceptors (Lipinski definition) is 2. The number of unbranched alkanes of at least 4 members (excludes halogenated alkanes) is 3. The Hall–Kier alpha value is -1.05. The molecule has 2 nitrogen and oxygen atoms in total. The zero-order valence-electron chi connectivity index (χ0n) is 10.2. The van der Waals surface area contributed by atoms with Crippen LogP contribution in [0.15, 0.2) is 18.5 Å². The van der Waals surface area contributed by atoms with Gasteiger partial charge in [0.05, 0.1) is 12.8 Å². The van der Waals surface area contributed by atoms with Gasteiger partial charge in [0, 0.05) is 6.20 Å². The third-order valence-electron chi connectivity index (χ3n) is 2.50. The van der Waals surface area contributed by atoms with Crippen molar-refractivity contribution in [3.05, 3.63) is 30.9 Å². The van der Waals surface area contributed by atoms with E-state index in [2.05, 4.69) is 24.9 Å². The minimum Gasteiger partial charge on any atom is -0.492 e. The van der Waals surface area contributed by atoms with Gasteiger partial charge < -0.3 is 4.74 Å². The van der Waals surface area contributed by atoms with Crippen LogP contribution in [-0.2, 0) is 6.42 Å². The van der Waals surface area contributed by atoms with Gasteiger partial charge in [-0.15, -0.1) is 0 Å². The van der Waals surface area contributed by atoms with Gasteiger partial charge in [0.15, 0.2) is 0 Å². The zero-order chi connectivity index (χ0) is 11.6. The van der Waals surface area contributed by atoms with Gasteiger partial charge >= 0.3 is 0 Å². The number of aryl methyl sites for hydroxylation is 1. The standard InChI is InChI=1S/C14H22NO/c1-3-5-7-9-16-14-10-13(8-6-4-2)11-15-12-14/h10-12H,2-9H2,1H3. The number of ether oxygens (including phenoxy) is 1. The molecule has 1 rings (SSSR count). The molecule has 0 N–H and O–H groups in total. The van der Waals surface area contributed by atoms with Crippen LogP contribution in [0.2, 0.25) is 0 Å². The third-order valence-corrected chi connectivity index (χ3v) is 2.50. The predicted octanol–water partition coefficient (Wildman–Crippen LogP) is 3.81. The fourth-order valence-electron chi connectivity index (χ4n) is 1.55. The van der Waals surface area contributed by atoms with Gasteiger partial charge in [-0.1, -0.05) is 33.1 Å². The van der Waals surface area contributed by atoms with Crippen LogP contribution in [0, 0.1) is 6.92 Å². The molecule has 0 spiro atoms. The second-order valence-corrected chi connectivity index (χ2v) is 4.04. The summed E-state index contributed by atoms with van der Waals surface area (Å²) in [5.41, 5.74) is 1.25. The number of hydrogen-bond donors (Lipinski definition) is 0. The van der Waals surface area contributed by atoms with Crippen molar-refractivity contribution in [2.45, 2.75) is 45.4 Å². The summed E-state index contributed by atoms with van der Waals surface area (Å²) in [6.45, 7) is 6.84. The molecule has 89 valence electrons. The van der Waals surface area contributed by atoms with E-state index < -0.39 is 0 Å². The summed E-state index contributed by atoms with van der Waals surface area (Å²) in [5.74, 6) is 0.901. The molecule has 0 atom stereocenters.